The van der Waals surface area contributed by atoms with Crippen LogP contribution in [0, 0.1) is 6.92 Å². The van der Waals surface area contributed by atoms with Crippen LogP contribution in [-0.4, -0.2) is 31.6 Å². The molecule has 1 unspecified atom stereocenters. The lowest BCUT2D eigenvalue weighted by Gasteiger charge is -2.22. The van der Waals surface area contributed by atoms with E-state index in [0.29, 0.717) is 6.61 Å². The molecule has 4 nitrogen and oxygen atoms in total. The molecule has 0 aliphatic carbocycles. The topological polar surface area (TPSA) is 50.4 Å². The van der Waals surface area contributed by atoms with Gasteiger partial charge in [-0.2, -0.15) is 0 Å². The number of hydrogen-bond acceptors (Lipinski definition) is 3. The number of ether oxygens (including phenoxy) is 1. The minimum Gasteiger partial charge on any atom is -0.491 e. The first-order valence-corrected chi connectivity index (χ1v) is 6.96. The third-order valence-electron chi connectivity index (χ3n) is 3.45. The van der Waals surface area contributed by atoms with Crippen molar-refractivity contribution in [1.82, 2.24) is 10.6 Å². The molecule has 1 heterocycles. The summed E-state index contributed by atoms with van der Waals surface area (Å²) in [6.45, 7) is 7.98. The first kappa shape index (κ1) is 14.6. The summed E-state index contributed by atoms with van der Waals surface area (Å²) in [5, 5.41) is 6.10. The second kappa shape index (κ2) is 6.57. The number of aryl methyl sites for hydroxylation is 1. The van der Waals surface area contributed by atoms with Crippen LogP contribution in [0.25, 0.3) is 0 Å². The second-order valence-electron chi connectivity index (χ2n) is 5.33. The van der Waals surface area contributed by atoms with E-state index in [-0.39, 0.29) is 11.9 Å². The average Bonchev–Trinajstić information content (AvgIpc) is 2.36. The van der Waals surface area contributed by atoms with E-state index in [9.17, 15) is 4.79 Å². The molecule has 4 heteroatoms. The van der Waals surface area contributed by atoms with E-state index in [1.807, 2.05) is 45.0 Å². The Balaban J connectivity index is 1.79. The van der Waals surface area contributed by atoms with Gasteiger partial charge in [-0.25, -0.2) is 0 Å². The van der Waals surface area contributed by atoms with Crippen molar-refractivity contribution in [3.8, 4) is 5.75 Å². The van der Waals surface area contributed by atoms with Crippen molar-refractivity contribution in [1.29, 1.82) is 0 Å². The zero-order valence-corrected chi connectivity index (χ0v) is 12.3. The molecule has 0 spiro atoms. The fraction of sp³-hybridized carbons (Fsp3) is 0.438. The fourth-order valence-electron chi connectivity index (χ4n) is 1.91. The molecule has 1 aromatic rings. The van der Waals surface area contributed by atoms with Gasteiger partial charge < -0.3 is 15.4 Å². The van der Waals surface area contributed by atoms with Gasteiger partial charge in [0.2, 0.25) is 5.91 Å². The van der Waals surface area contributed by atoms with Crippen LogP contribution >= 0.6 is 0 Å². The minimum absolute atomic E-state index is 0.00139. The summed E-state index contributed by atoms with van der Waals surface area (Å²) in [7, 11) is 0. The van der Waals surface area contributed by atoms with Crippen molar-refractivity contribution in [2.45, 2.75) is 26.8 Å². The summed E-state index contributed by atoms with van der Waals surface area (Å²) < 4.78 is 5.66. The SMILES string of the molecule is CC(C(=O)NC(C)COc1ccc(C)cc1)=C1CNC1. The van der Waals surface area contributed by atoms with E-state index in [1.165, 1.54) is 11.1 Å². The van der Waals surface area contributed by atoms with Gasteiger partial charge in [0.1, 0.15) is 12.4 Å². The normalized spacial score (nSPS) is 15.2. The largest absolute Gasteiger partial charge is 0.491 e. The molecule has 1 amide bonds. The summed E-state index contributed by atoms with van der Waals surface area (Å²) in [6.07, 6.45) is 0. The highest BCUT2D eigenvalue weighted by Gasteiger charge is 2.17. The Hall–Kier alpha value is -1.81. The maximum atomic E-state index is 12.0. The Labute approximate surface area is 120 Å². The lowest BCUT2D eigenvalue weighted by Crippen LogP contribution is -2.41. The minimum atomic E-state index is -0.0209. The first-order valence-electron chi connectivity index (χ1n) is 6.96. The Bertz CT molecular complexity index is 500. The molecule has 1 aliphatic heterocycles. The van der Waals surface area contributed by atoms with Crippen LogP contribution in [0.5, 0.6) is 5.75 Å². The third kappa shape index (κ3) is 3.84. The van der Waals surface area contributed by atoms with Gasteiger partial charge in [-0.05, 0) is 38.5 Å². The van der Waals surface area contributed by atoms with Crippen molar-refractivity contribution >= 4 is 5.91 Å². The molecule has 0 saturated carbocycles. The molecule has 0 aromatic heterocycles. The van der Waals surface area contributed by atoms with Gasteiger partial charge in [0.15, 0.2) is 0 Å². The van der Waals surface area contributed by atoms with Gasteiger partial charge in [0.25, 0.3) is 0 Å². The molecule has 1 atom stereocenters. The maximum absolute atomic E-state index is 12.0. The van der Waals surface area contributed by atoms with Crippen LogP contribution in [-0.2, 0) is 4.79 Å². The predicted octanol–water partition coefficient (Wildman–Crippen LogP) is 1.80. The van der Waals surface area contributed by atoms with Crippen molar-refractivity contribution in [2.24, 2.45) is 0 Å². The third-order valence-corrected chi connectivity index (χ3v) is 3.45. The Morgan fingerprint density at radius 3 is 2.55 bits per heavy atom. The van der Waals surface area contributed by atoms with E-state index in [1.54, 1.807) is 0 Å². The summed E-state index contributed by atoms with van der Waals surface area (Å²) >= 11 is 0. The smallest absolute Gasteiger partial charge is 0.247 e. The van der Waals surface area contributed by atoms with Gasteiger partial charge in [-0.15, -0.1) is 0 Å². The molecule has 108 valence electrons. The second-order valence-corrected chi connectivity index (χ2v) is 5.33. The highest BCUT2D eigenvalue weighted by molar-refractivity contribution is 5.94. The van der Waals surface area contributed by atoms with Gasteiger partial charge in [-0.1, -0.05) is 17.7 Å². The number of carbonyl (C=O) groups excluding carboxylic acids is 1. The van der Waals surface area contributed by atoms with Crippen molar-refractivity contribution in [3.05, 3.63) is 41.0 Å². The van der Waals surface area contributed by atoms with Crippen LogP contribution in [0.1, 0.15) is 19.4 Å². The summed E-state index contributed by atoms with van der Waals surface area (Å²) in [5.41, 5.74) is 3.22. The maximum Gasteiger partial charge on any atom is 0.247 e. The zero-order chi connectivity index (χ0) is 14.5. The molecule has 1 saturated heterocycles. The van der Waals surface area contributed by atoms with Gasteiger partial charge in [0, 0.05) is 18.7 Å². The van der Waals surface area contributed by atoms with Crippen LogP contribution in [0.4, 0.5) is 0 Å². The molecule has 2 N–H and O–H groups in total. The van der Waals surface area contributed by atoms with Crippen LogP contribution < -0.4 is 15.4 Å². The van der Waals surface area contributed by atoms with E-state index >= 15 is 0 Å². The number of amides is 1. The Morgan fingerprint density at radius 2 is 2.00 bits per heavy atom. The summed E-state index contributed by atoms with van der Waals surface area (Å²) in [5.74, 6) is 0.830. The number of rotatable bonds is 5. The number of benzene rings is 1. The number of hydrogen-bond donors (Lipinski definition) is 2. The molecule has 1 aliphatic rings. The average molecular weight is 274 g/mol. The zero-order valence-electron chi connectivity index (χ0n) is 12.3. The molecular formula is C16H22N2O2. The lowest BCUT2D eigenvalue weighted by molar-refractivity contribution is -0.118. The molecule has 2 rings (SSSR count). The van der Waals surface area contributed by atoms with Crippen LogP contribution in [0.15, 0.2) is 35.4 Å². The Kier molecular flexibility index (Phi) is 4.79. The highest BCUT2D eigenvalue weighted by atomic mass is 16.5. The highest BCUT2D eigenvalue weighted by Crippen LogP contribution is 2.12. The standard InChI is InChI=1S/C16H22N2O2/c1-11-4-6-15(7-5-11)20-10-12(2)18-16(19)13(3)14-8-17-9-14/h4-7,12,17H,8-10H2,1-3H3,(H,18,19). The van der Waals surface area contributed by atoms with Gasteiger partial charge in [0.05, 0.1) is 6.04 Å². The number of carbonyl (C=O) groups is 1. The van der Waals surface area contributed by atoms with Crippen LogP contribution in [0.2, 0.25) is 0 Å². The fourth-order valence-corrected chi connectivity index (χ4v) is 1.91. The number of nitrogens with one attached hydrogen (secondary N) is 2. The molecule has 0 radical (unpaired) electrons. The molecule has 1 fully saturated rings. The van der Waals surface area contributed by atoms with E-state index in [0.717, 1.165) is 24.4 Å². The van der Waals surface area contributed by atoms with E-state index in [4.69, 9.17) is 4.74 Å². The monoisotopic (exact) mass is 274 g/mol. The van der Waals surface area contributed by atoms with Crippen molar-refractivity contribution in [2.75, 3.05) is 19.7 Å². The van der Waals surface area contributed by atoms with Gasteiger partial charge >= 0.3 is 0 Å². The molecule has 1 aromatic carbocycles. The summed E-state index contributed by atoms with van der Waals surface area (Å²) in [4.78, 5) is 12.0. The molecule has 20 heavy (non-hydrogen) atoms. The van der Waals surface area contributed by atoms with Gasteiger partial charge in [-0.3, -0.25) is 4.79 Å². The predicted molar refractivity (Wildman–Crippen MR) is 79.8 cm³/mol. The molecular weight excluding hydrogens is 252 g/mol. The van der Waals surface area contributed by atoms with Crippen molar-refractivity contribution in [3.63, 3.8) is 0 Å². The molecule has 0 bridgehead atoms. The Morgan fingerprint density at radius 1 is 1.35 bits per heavy atom. The summed E-state index contributed by atoms with van der Waals surface area (Å²) in [6, 6.07) is 7.88. The van der Waals surface area contributed by atoms with Crippen molar-refractivity contribution < 1.29 is 9.53 Å². The van der Waals surface area contributed by atoms with Crippen LogP contribution in [0.3, 0.4) is 0 Å². The van der Waals surface area contributed by atoms with E-state index < -0.39 is 0 Å². The quantitative estimate of drug-likeness (QED) is 0.805. The lowest BCUT2D eigenvalue weighted by atomic mass is 10.0. The first-order chi connectivity index (χ1) is 9.56. The van der Waals surface area contributed by atoms with E-state index in [2.05, 4.69) is 10.6 Å².